The molecule has 2 aliphatic rings. The summed E-state index contributed by atoms with van der Waals surface area (Å²) >= 11 is 0. The van der Waals surface area contributed by atoms with Crippen molar-refractivity contribution in [2.24, 2.45) is 5.92 Å². The molecule has 2 saturated heterocycles. The van der Waals surface area contributed by atoms with Crippen LogP contribution in [-0.2, 0) is 35.2 Å². The molecule has 4 atom stereocenters. The van der Waals surface area contributed by atoms with E-state index in [2.05, 4.69) is 5.32 Å². The molecule has 0 saturated carbocycles. The number of nitrogens with zero attached hydrogens (tertiary/aromatic N) is 1. The first kappa shape index (κ1) is 27.5. The number of fused-ring (bicyclic) bond motifs is 1. The lowest BCUT2D eigenvalue weighted by Gasteiger charge is -2.39. The predicted octanol–water partition coefficient (Wildman–Crippen LogP) is 3.73. The van der Waals surface area contributed by atoms with Gasteiger partial charge in [0.15, 0.2) is 0 Å². The van der Waals surface area contributed by atoms with Gasteiger partial charge in [0.05, 0.1) is 6.42 Å². The van der Waals surface area contributed by atoms with Gasteiger partial charge in [-0.25, -0.2) is 9.59 Å². The molecule has 2 amide bonds. The van der Waals surface area contributed by atoms with Crippen LogP contribution in [0.15, 0.2) is 30.3 Å². The number of hydrogen-bond donors (Lipinski definition) is 1. The van der Waals surface area contributed by atoms with Crippen molar-refractivity contribution in [3.05, 3.63) is 35.9 Å². The Hall–Kier alpha value is -3.10. The lowest BCUT2D eigenvalue weighted by Crippen LogP contribution is -2.59. The first-order valence-corrected chi connectivity index (χ1v) is 12.5. The maximum Gasteiger partial charge on any atom is 0.408 e. The van der Waals surface area contributed by atoms with Crippen molar-refractivity contribution in [2.45, 2.75) is 103 Å². The third-order valence-corrected chi connectivity index (χ3v) is 6.11. The van der Waals surface area contributed by atoms with Gasteiger partial charge in [-0.2, -0.15) is 0 Å². The summed E-state index contributed by atoms with van der Waals surface area (Å²) in [6, 6.07) is 7.41. The summed E-state index contributed by atoms with van der Waals surface area (Å²) in [6.45, 7) is 10.7. The molecule has 9 heteroatoms. The summed E-state index contributed by atoms with van der Waals surface area (Å²) in [5, 5.41) is 2.64. The van der Waals surface area contributed by atoms with Crippen molar-refractivity contribution < 1.29 is 33.4 Å². The molecule has 0 unspecified atom stereocenters. The van der Waals surface area contributed by atoms with Crippen LogP contribution >= 0.6 is 0 Å². The third-order valence-electron chi connectivity index (χ3n) is 6.11. The van der Waals surface area contributed by atoms with E-state index in [9.17, 15) is 19.2 Å². The number of ether oxygens (including phenoxy) is 3. The van der Waals surface area contributed by atoms with Crippen LogP contribution in [0.2, 0.25) is 0 Å². The molecule has 1 N–H and O–H groups in total. The van der Waals surface area contributed by atoms with Gasteiger partial charge in [0, 0.05) is 6.04 Å². The lowest BCUT2D eigenvalue weighted by atomic mass is 9.89. The molecule has 0 spiro atoms. The van der Waals surface area contributed by atoms with Gasteiger partial charge in [-0.1, -0.05) is 30.3 Å². The summed E-state index contributed by atoms with van der Waals surface area (Å²) in [5.41, 5.74) is -0.552. The fraction of sp³-hybridized carbons (Fsp3) is 0.630. The van der Waals surface area contributed by atoms with Crippen molar-refractivity contribution >= 4 is 23.9 Å². The molecule has 2 aliphatic heterocycles. The number of rotatable bonds is 6. The lowest BCUT2D eigenvalue weighted by molar-refractivity contribution is -0.165. The second kappa shape index (κ2) is 10.9. The number of nitrogens with one attached hydrogen (secondary N) is 1. The van der Waals surface area contributed by atoms with Crippen molar-refractivity contribution in [1.82, 2.24) is 10.2 Å². The molecule has 1 aromatic carbocycles. The van der Waals surface area contributed by atoms with Crippen LogP contribution in [0.3, 0.4) is 0 Å². The highest BCUT2D eigenvalue weighted by atomic mass is 16.6. The zero-order chi connectivity index (χ0) is 26.7. The Morgan fingerprint density at radius 2 is 1.61 bits per heavy atom. The highest BCUT2D eigenvalue weighted by Gasteiger charge is 2.52. The molecule has 9 nitrogen and oxygen atoms in total. The number of alkyl carbamates (subject to hydrolysis) is 1. The summed E-state index contributed by atoms with van der Waals surface area (Å²) in [7, 11) is 0. The minimum Gasteiger partial charge on any atom is -0.461 e. The van der Waals surface area contributed by atoms with Crippen LogP contribution in [-0.4, -0.2) is 58.2 Å². The predicted molar refractivity (Wildman–Crippen MR) is 132 cm³/mol. The summed E-state index contributed by atoms with van der Waals surface area (Å²) < 4.78 is 16.4. The first-order chi connectivity index (χ1) is 16.7. The van der Waals surface area contributed by atoms with Crippen LogP contribution in [0.1, 0.15) is 72.8 Å². The Balaban J connectivity index is 1.72. The van der Waals surface area contributed by atoms with E-state index in [4.69, 9.17) is 14.2 Å². The van der Waals surface area contributed by atoms with E-state index in [1.54, 1.807) is 41.5 Å². The van der Waals surface area contributed by atoms with E-state index in [1.165, 1.54) is 4.90 Å². The molecule has 1 aromatic rings. The molecule has 0 bridgehead atoms. The zero-order valence-corrected chi connectivity index (χ0v) is 22.0. The number of piperidine rings is 1. The molecule has 198 valence electrons. The summed E-state index contributed by atoms with van der Waals surface area (Å²) in [4.78, 5) is 53.0. The Morgan fingerprint density at radius 3 is 2.22 bits per heavy atom. The fourth-order valence-corrected chi connectivity index (χ4v) is 4.74. The van der Waals surface area contributed by atoms with Gasteiger partial charge < -0.3 is 24.4 Å². The molecule has 2 heterocycles. The van der Waals surface area contributed by atoms with Crippen LogP contribution in [0.25, 0.3) is 0 Å². The van der Waals surface area contributed by atoms with Gasteiger partial charge in [0.2, 0.25) is 5.91 Å². The Labute approximate surface area is 212 Å². The molecule has 36 heavy (non-hydrogen) atoms. The monoisotopic (exact) mass is 502 g/mol. The summed E-state index contributed by atoms with van der Waals surface area (Å²) in [6.07, 6.45) is 0.613. The molecule has 0 radical (unpaired) electrons. The van der Waals surface area contributed by atoms with Crippen molar-refractivity contribution in [1.29, 1.82) is 0 Å². The smallest absolute Gasteiger partial charge is 0.408 e. The van der Waals surface area contributed by atoms with Gasteiger partial charge in [-0.05, 0) is 72.3 Å². The van der Waals surface area contributed by atoms with E-state index in [1.807, 2.05) is 30.3 Å². The normalized spacial score (nSPS) is 24.1. The quantitative estimate of drug-likeness (QED) is 0.466. The van der Waals surface area contributed by atoms with Crippen LogP contribution in [0, 0.1) is 5.92 Å². The number of hydrogen-bond acceptors (Lipinski definition) is 7. The molecular formula is C27H38N2O7. The molecule has 0 aliphatic carbocycles. The Kier molecular flexibility index (Phi) is 8.31. The van der Waals surface area contributed by atoms with Crippen LogP contribution in [0.5, 0.6) is 0 Å². The molecular weight excluding hydrogens is 464 g/mol. The number of carbonyl (C=O) groups is 4. The van der Waals surface area contributed by atoms with E-state index in [0.29, 0.717) is 19.3 Å². The largest absolute Gasteiger partial charge is 0.461 e. The number of esters is 2. The Bertz CT molecular complexity index is 965. The molecule has 0 aromatic heterocycles. The zero-order valence-electron chi connectivity index (χ0n) is 22.0. The molecule has 2 fully saturated rings. The maximum absolute atomic E-state index is 13.5. The second-order valence-electron chi connectivity index (χ2n) is 11.5. The van der Waals surface area contributed by atoms with Crippen molar-refractivity contribution in [2.75, 3.05) is 0 Å². The third kappa shape index (κ3) is 7.45. The van der Waals surface area contributed by atoms with E-state index >= 15 is 0 Å². The molecule has 3 rings (SSSR count). The number of amides is 2. The number of benzene rings is 1. The first-order valence-electron chi connectivity index (χ1n) is 12.5. The van der Waals surface area contributed by atoms with Gasteiger partial charge >= 0.3 is 18.0 Å². The SMILES string of the molecule is CC(C)(C)OC(=O)N[C@H]1CC[C@@H]2[C@@H](CC(=O)OCc3ccccc3)C[C@@H](C(=O)OC(C)(C)C)N2C1=O. The van der Waals surface area contributed by atoms with Gasteiger partial charge in [-0.3, -0.25) is 9.59 Å². The minimum absolute atomic E-state index is 0.0880. The van der Waals surface area contributed by atoms with Crippen molar-refractivity contribution in [3.8, 4) is 0 Å². The average molecular weight is 503 g/mol. The fourth-order valence-electron chi connectivity index (χ4n) is 4.74. The highest BCUT2D eigenvalue weighted by Crippen LogP contribution is 2.40. The van der Waals surface area contributed by atoms with Crippen molar-refractivity contribution in [3.63, 3.8) is 0 Å². The average Bonchev–Trinajstić information content (AvgIpc) is 3.12. The van der Waals surface area contributed by atoms with Crippen LogP contribution < -0.4 is 5.32 Å². The van der Waals surface area contributed by atoms with Gasteiger partial charge in [0.25, 0.3) is 0 Å². The minimum atomic E-state index is -0.836. The van der Waals surface area contributed by atoms with Gasteiger partial charge in [-0.15, -0.1) is 0 Å². The standard InChI is InChI=1S/C27H38N2O7/c1-26(2,3)35-24(32)21-14-18(15-22(30)34-16-17-10-8-7-9-11-17)20-13-12-19(23(31)29(20)21)28-25(33)36-27(4,5)6/h7-11,18-21H,12-16H2,1-6H3,(H,28,33)/t18-,19+,20-,21+/m1/s1. The topological polar surface area (TPSA) is 111 Å². The van der Waals surface area contributed by atoms with E-state index in [0.717, 1.165) is 5.56 Å². The highest BCUT2D eigenvalue weighted by molar-refractivity contribution is 5.91. The maximum atomic E-state index is 13.5. The van der Waals surface area contributed by atoms with E-state index in [-0.39, 0.29) is 36.9 Å². The van der Waals surface area contributed by atoms with E-state index < -0.39 is 35.3 Å². The second-order valence-corrected chi connectivity index (χ2v) is 11.5. The summed E-state index contributed by atoms with van der Waals surface area (Å²) in [5.74, 6) is -1.51. The Morgan fingerprint density at radius 1 is 0.972 bits per heavy atom. The van der Waals surface area contributed by atoms with Crippen LogP contribution in [0.4, 0.5) is 4.79 Å². The number of carbonyl (C=O) groups excluding carboxylic acids is 4. The van der Waals surface area contributed by atoms with Gasteiger partial charge in [0.1, 0.15) is 29.9 Å².